The molecule has 1 saturated carbocycles. The van der Waals surface area contributed by atoms with Crippen molar-refractivity contribution in [1.82, 2.24) is 5.32 Å². The van der Waals surface area contributed by atoms with Crippen molar-refractivity contribution in [2.45, 2.75) is 18.9 Å². The first-order valence-electron chi connectivity index (χ1n) is 4.19. The summed E-state index contributed by atoms with van der Waals surface area (Å²) in [4.78, 5) is 0. The lowest BCUT2D eigenvalue weighted by Crippen LogP contribution is -2.10. The fraction of sp³-hybridized carbons (Fsp3) is 1.00. The van der Waals surface area contributed by atoms with E-state index >= 15 is 0 Å². The van der Waals surface area contributed by atoms with Gasteiger partial charge in [-0.2, -0.15) is 0 Å². The van der Waals surface area contributed by atoms with Gasteiger partial charge in [0.2, 0.25) is 0 Å². The molecule has 0 amide bonds. The highest BCUT2D eigenvalue weighted by Gasteiger charge is 2.53. The summed E-state index contributed by atoms with van der Waals surface area (Å²) in [7, 11) is 2.01. The van der Waals surface area contributed by atoms with Gasteiger partial charge in [-0.1, -0.05) is 0 Å². The zero-order valence-corrected chi connectivity index (χ0v) is 6.47. The van der Waals surface area contributed by atoms with Crippen LogP contribution in [0, 0.1) is 11.8 Å². The van der Waals surface area contributed by atoms with Gasteiger partial charge in [-0.05, 0) is 38.3 Å². The lowest BCUT2D eigenvalue weighted by Gasteiger charge is -2.01. The van der Waals surface area contributed by atoms with E-state index in [1.807, 2.05) is 7.05 Å². The first kappa shape index (κ1) is 6.62. The Bertz CT molecular complexity index is 116. The second-order valence-electron chi connectivity index (χ2n) is 3.34. The van der Waals surface area contributed by atoms with Gasteiger partial charge in [0.1, 0.15) is 0 Å². The molecule has 1 heterocycles. The summed E-state index contributed by atoms with van der Waals surface area (Å²) in [6.45, 7) is 2.17. The van der Waals surface area contributed by atoms with E-state index in [4.69, 9.17) is 4.74 Å². The molecule has 2 nitrogen and oxygen atoms in total. The summed E-state index contributed by atoms with van der Waals surface area (Å²) in [5, 5.41) is 3.17. The van der Waals surface area contributed by atoms with E-state index in [-0.39, 0.29) is 0 Å². The average Bonchev–Trinajstić information content (AvgIpc) is 2.46. The highest BCUT2D eigenvalue weighted by Crippen LogP contribution is 2.50. The SMILES string of the molecule is CNCCC1[C@H]2CCO[C@@H]12. The minimum absolute atomic E-state index is 0.661. The molecule has 2 rings (SSSR count). The van der Waals surface area contributed by atoms with Gasteiger partial charge in [0, 0.05) is 6.61 Å². The Balaban J connectivity index is 1.69. The van der Waals surface area contributed by atoms with Crippen molar-refractivity contribution < 1.29 is 4.74 Å². The molecule has 1 N–H and O–H groups in total. The topological polar surface area (TPSA) is 21.3 Å². The highest BCUT2D eigenvalue weighted by molar-refractivity contribution is 5.01. The van der Waals surface area contributed by atoms with Gasteiger partial charge in [0.15, 0.2) is 0 Å². The quantitative estimate of drug-likeness (QED) is 0.622. The van der Waals surface area contributed by atoms with Crippen LogP contribution in [0.15, 0.2) is 0 Å². The lowest BCUT2D eigenvalue weighted by atomic mass is 10.2. The smallest absolute Gasteiger partial charge is 0.0639 e. The van der Waals surface area contributed by atoms with Crippen LogP contribution in [0.4, 0.5) is 0 Å². The van der Waals surface area contributed by atoms with Crippen LogP contribution in [0.5, 0.6) is 0 Å². The molecule has 0 spiro atoms. The highest BCUT2D eigenvalue weighted by atomic mass is 16.5. The molecular weight excluding hydrogens is 126 g/mol. The van der Waals surface area contributed by atoms with Crippen molar-refractivity contribution in [3.05, 3.63) is 0 Å². The number of fused-ring (bicyclic) bond motifs is 1. The van der Waals surface area contributed by atoms with E-state index in [1.54, 1.807) is 0 Å². The van der Waals surface area contributed by atoms with Crippen LogP contribution in [0.2, 0.25) is 0 Å². The molecule has 1 aliphatic heterocycles. The number of nitrogens with one attached hydrogen (secondary N) is 1. The van der Waals surface area contributed by atoms with Gasteiger partial charge < -0.3 is 10.1 Å². The first-order chi connectivity index (χ1) is 4.93. The van der Waals surface area contributed by atoms with Crippen LogP contribution in [0.3, 0.4) is 0 Å². The molecule has 0 bridgehead atoms. The number of hydrogen-bond acceptors (Lipinski definition) is 2. The Hall–Kier alpha value is -0.0800. The molecule has 2 heteroatoms. The van der Waals surface area contributed by atoms with Gasteiger partial charge in [-0.15, -0.1) is 0 Å². The van der Waals surface area contributed by atoms with Crippen LogP contribution in [0.25, 0.3) is 0 Å². The number of hydrogen-bond donors (Lipinski definition) is 1. The molecule has 0 aromatic carbocycles. The second kappa shape index (κ2) is 2.51. The lowest BCUT2D eigenvalue weighted by molar-refractivity contribution is 0.136. The number of rotatable bonds is 3. The predicted molar refractivity (Wildman–Crippen MR) is 39.9 cm³/mol. The summed E-state index contributed by atoms with van der Waals surface area (Å²) < 4.78 is 5.51. The van der Waals surface area contributed by atoms with Crippen LogP contribution < -0.4 is 5.32 Å². The molecule has 1 unspecified atom stereocenters. The van der Waals surface area contributed by atoms with Crippen LogP contribution in [0.1, 0.15) is 12.8 Å². The molecule has 0 radical (unpaired) electrons. The average molecular weight is 141 g/mol. The first-order valence-corrected chi connectivity index (χ1v) is 4.19. The molecule has 3 atom stereocenters. The van der Waals surface area contributed by atoms with E-state index in [1.165, 1.54) is 12.8 Å². The third-order valence-electron chi connectivity index (χ3n) is 2.74. The van der Waals surface area contributed by atoms with E-state index in [0.29, 0.717) is 6.10 Å². The molecule has 0 aromatic heterocycles. The molecule has 58 valence electrons. The zero-order valence-electron chi connectivity index (χ0n) is 6.47. The maximum atomic E-state index is 5.51. The minimum Gasteiger partial charge on any atom is -0.378 e. The van der Waals surface area contributed by atoms with Crippen LogP contribution >= 0.6 is 0 Å². The van der Waals surface area contributed by atoms with Crippen molar-refractivity contribution in [3.8, 4) is 0 Å². The zero-order chi connectivity index (χ0) is 6.97. The van der Waals surface area contributed by atoms with Gasteiger partial charge in [-0.25, -0.2) is 0 Å². The van der Waals surface area contributed by atoms with Crippen molar-refractivity contribution in [3.63, 3.8) is 0 Å². The van der Waals surface area contributed by atoms with Crippen molar-refractivity contribution in [1.29, 1.82) is 0 Å². The standard InChI is InChI=1S/C8H15NO/c1-9-4-2-6-7-3-5-10-8(6)7/h6-9H,2-5H2,1H3/t6?,7-,8+/m1/s1. The second-order valence-corrected chi connectivity index (χ2v) is 3.34. The Morgan fingerprint density at radius 2 is 2.50 bits per heavy atom. The fourth-order valence-corrected chi connectivity index (χ4v) is 2.06. The molecule has 2 fully saturated rings. The van der Waals surface area contributed by atoms with E-state index < -0.39 is 0 Å². The van der Waals surface area contributed by atoms with Gasteiger partial charge in [0.05, 0.1) is 6.10 Å². The molecule has 1 saturated heterocycles. The Morgan fingerprint density at radius 1 is 1.60 bits per heavy atom. The number of ether oxygens (including phenoxy) is 1. The van der Waals surface area contributed by atoms with Gasteiger partial charge >= 0.3 is 0 Å². The van der Waals surface area contributed by atoms with Gasteiger partial charge in [-0.3, -0.25) is 0 Å². The minimum atomic E-state index is 0.661. The summed E-state index contributed by atoms with van der Waals surface area (Å²) in [5.41, 5.74) is 0. The summed E-state index contributed by atoms with van der Waals surface area (Å²) in [6.07, 6.45) is 3.29. The molecular formula is C8H15NO. The molecule has 2 aliphatic rings. The fourth-order valence-electron chi connectivity index (χ4n) is 2.06. The Labute approximate surface area is 61.9 Å². The molecule has 0 aromatic rings. The van der Waals surface area contributed by atoms with Crippen molar-refractivity contribution in [2.24, 2.45) is 11.8 Å². The largest absolute Gasteiger partial charge is 0.378 e. The Morgan fingerprint density at radius 3 is 3.10 bits per heavy atom. The maximum Gasteiger partial charge on any atom is 0.0639 e. The van der Waals surface area contributed by atoms with Crippen LogP contribution in [-0.4, -0.2) is 26.3 Å². The van der Waals surface area contributed by atoms with E-state index in [2.05, 4.69) is 5.32 Å². The molecule has 10 heavy (non-hydrogen) atoms. The summed E-state index contributed by atoms with van der Waals surface area (Å²) in [5.74, 6) is 1.84. The summed E-state index contributed by atoms with van der Waals surface area (Å²) >= 11 is 0. The monoisotopic (exact) mass is 141 g/mol. The van der Waals surface area contributed by atoms with Crippen molar-refractivity contribution in [2.75, 3.05) is 20.2 Å². The third-order valence-corrected chi connectivity index (χ3v) is 2.74. The molecule has 1 aliphatic carbocycles. The van der Waals surface area contributed by atoms with E-state index in [9.17, 15) is 0 Å². The summed E-state index contributed by atoms with van der Waals surface area (Å²) in [6, 6.07) is 0. The third kappa shape index (κ3) is 0.956. The van der Waals surface area contributed by atoms with Crippen LogP contribution in [-0.2, 0) is 4.74 Å². The van der Waals surface area contributed by atoms with E-state index in [0.717, 1.165) is 25.0 Å². The Kier molecular flexibility index (Phi) is 1.66. The maximum absolute atomic E-state index is 5.51. The van der Waals surface area contributed by atoms with Crippen molar-refractivity contribution >= 4 is 0 Å². The normalized spacial score (nSPS) is 43.5. The van der Waals surface area contributed by atoms with Gasteiger partial charge in [0.25, 0.3) is 0 Å². The predicted octanol–water partition coefficient (Wildman–Crippen LogP) is 0.631.